The van der Waals surface area contributed by atoms with Gasteiger partial charge in [-0.15, -0.1) is 0 Å². The van der Waals surface area contributed by atoms with Gasteiger partial charge in [-0.3, -0.25) is 4.79 Å². The Labute approximate surface area is 224 Å². The Hall–Kier alpha value is -0.720. The second-order valence-corrected chi connectivity index (χ2v) is 10.9. The van der Waals surface area contributed by atoms with Crippen molar-refractivity contribution in [3.8, 4) is 5.75 Å². The molecule has 0 radical (unpaired) electrons. The molecule has 1 N–H and O–H groups in total. The maximum absolute atomic E-state index is 11.8. The second kappa shape index (κ2) is 18.6. The predicted molar refractivity (Wildman–Crippen MR) is 148 cm³/mol. The highest BCUT2D eigenvalue weighted by Gasteiger charge is 2.18. The Kier molecular flexibility index (Phi) is 19.4. The van der Waals surface area contributed by atoms with Crippen LogP contribution < -0.4 is 10.1 Å². The van der Waals surface area contributed by atoms with E-state index in [4.69, 9.17) is 13.7 Å². The van der Waals surface area contributed by atoms with Crippen LogP contribution >= 0.6 is 46.3 Å². The van der Waals surface area contributed by atoms with Crippen LogP contribution in [0.5, 0.6) is 5.75 Å². The first-order chi connectivity index (χ1) is 15.3. The monoisotopic (exact) mass is 663 g/mol. The summed E-state index contributed by atoms with van der Waals surface area (Å²) in [6.07, 6.45) is 0.254. The molecule has 1 atom stereocenters. The molecule has 0 bridgehead atoms. The van der Waals surface area contributed by atoms with Gasteiger partial charge in [0.2, 0.25) is 0 Å². The average molecular weight is 664 g/mol. The molecule has 0 aromatic heterocycles. The molecule has 0 heterocycles. The van der Waals surface area contributed by atoms with E-state index < -0.39 is 11.7 Å². The third kappa shape index (κ3) is 21.5. The van der Waals surface area contributed by atoms with E-state index in [1.54, 1.807) is 0 Å². The van der Waals surface area contributed by atoms with E-state index in [1.165, 1.54) is 9.21 Å². The molecule has 1 amide bonds. The van der Waals surface area contributed by atoms with Crippen LogP contribution in [0.1, 0.15) is 67.9 Å². The Morgan fingerprint density at radius 1 is 1.15 bits per heavy atom. The Morgan fingerprint density at radius 3 is 2.21 bits per heavy atom. The summed E-state index contributed by atoms with van der Waals surface area (Å²) in [5.41, 5.74) is 0.235. The summed E-state index contributed by atoms with van der Waals surface area (Å²) >= 11 is 5.61. The fourth-order valence-corrected chi connectivity index (χ4v) is 3.14. The fraction of sp³-hybridized carbons (Fsp3) is 0.652. The second-order valence-electron chi connectivity index (χ2n) is 8.56. The van der Waals surface area contributed by atoms with Crippen molar-refractivity contribution in [3.05, 3.63) is 28.2 Å². The zero-order valence-corrected chi connectivity index (χ0v) is 25.7. The van der Waals surface area contributed by atoms with E-state index in [9.17, 15) is 9.59 Å². The third-order valence-electron chi connectivity index (χ3n) is 3.19. The minimum Gasteiger partial charge on any atom is -0.491 e. The van der Waals surface area contributed by atoms with E-state index in [2.05, 4.69) is 47.2 Å². The third-order valence-corrected chi connectivity index (χ3v) is 4.98. The van der Waals surface area contributed by atoms with Crippen molar-refractivity contribution in [2.24, 2.45) is 0 Å². The SMILES string of the molecule is CC.CC(C)(C)OC=O.CC(Cc1cc(OCCOSI)ccc1Br)NC(=O)OC(C)(C)C. The molecule has 0 aliphatic heterocycles. The van der Waals surface area contributed by atoms with Crippen molar-refractivity contribution in [1.29, 1.82) is 0 Å². The Bertz CT molecular complexity index is 680. The molecule has 192 valence electrons. The molecule has 1 rings (SSSR count). The lowest BCUT2D eigenvalue weighted by atomic mass is 10.1. The first-order valence-electron chi connectivity index (χ1n) is 10.7. The first-order valence-corrected chi connectivity index (χ1v) is 14.8. The molecule has 0 saturated carbocycles. The molecule has 1 unspecified atom stereocenters. The summed E-state index contributed by atoms with van der Waals surface area (Å²) in [6.45, 7) is 18.4. The first kappa shape index (κ1) is 34.4. The van der Waals surface area contributed by atoms with E-state index >= 15 is 0 Å². The van der Waals surface area contributed by atoms with Gasteiger partial charge in [0.15, 0.2) is 0 Å². The number of rotatable bonds is 9. The van der Waals surface area contributed by atoms with Crippen LogP contribution in [0.4, 0.5) is 4.79 Å². The highest BCUT2D eigenvalue weighted by molar-refractivity contribution is 14.2. The van der Waals surface area contributed by atoms with Crippen LogP contribution in [0.15, 0.2) is 22.7 Å². The van der Waals surface area contributed by atoms with Gasteiger partial charge in [0.05, 0.1) is 15.8 Å². The molecule has 1 aromatic rings. The highest BCUT2D eigenvalue weighted by Crippen LogP contribution is 2.24. The van der Waals surface area contributed by atoms with Crippen molar-refractivity contribution in [2.45, 2.75) is 86.0 Å². The van der Waals surface area contributed by atoms with Gasteiger partial charge in [-0.1, -0.05) is 29.8 Å². The van der Waals surface area contributed by atoms with Gasteiger partial charge < -0.3 is 23.7 Å². The smallest absolute Gasteiger partial charge is 0.407 e. The topological polar surface area (TPSA) is 83.1 Å². The minimum atomic E-state index is -0.504. The lowest BCUT2D eigenvalue weighted by molar-refractivity contribution is -0.138. The van der Waals surface area contributed by atoms with Gasteiger partial charge in [0.1, 0.15) is 23.6 Å². The molecule has 1 aromatic carbocycles. The minimum absolute atomic E-state index is 0.0647. The van der Waals surface area contributed by atoms with Crippen molar-refractivity contribution < 1.29 is 28.0 Å². The zero-order valence-electron chi connectivity index (χ0n) is 21.1. The highest BCUT2D eigenvalue weighted by atomic mass is 127. The molecule has 0 aliphatic carbocycles. The quantitative estimate of drug-likeness (QED) is 0.129. The van der Waals surface area contributed by atoms with E-state index in [-0.39, 0.29) is 11.6 Å². The lowest BCUT2D eigenvalue weighted by Crippen LogP contribution is -2.38. The van der Waals surface area contributed by atoms with Gasteiger partial charge >= 0.3 is 6.09 Å². The van der Waals surface area contributed by atoms with Gasteiger partial charge in [-0.25, -0.2) is 4.79 Å². The molecule has 10 heteroatoms. The van der Waals surface area contributed by atoms with Crippen LogP contribution in [0.25, 0.3) is 0 Å². The number of ether oxygens (including phenoxy) is 3. The molecule has 0 aliphatic rings. The van der Waals surface area contributed by atoms with Crippen molar-refractivity contribution in [1.82, 2.24) is 5.32 Å². The molecule has 7 nitrogen and oxygen atoms in total. The summed E-state index contributed by atoms with van der Waals surface area (Å²) in [6, 6.07) is 5.74. The summed E-state index contributed by atoms with van der Waals surface area (Å²) in [7, 11) is 1.29. The van der Waals surface area contributed by atoms with Crippen LogP contribution in [0.2, 0.25) is 0 Å². The Morgan fingerprint density at radius 2 is 1.76 bits per heavy atom. The van der Waals surface area contributed by atoms with Crippen LogP contribution in [-0.2, 0) is 24.9 Å². The number of amides is 1. The number of carbonyl (C=O) groups is 2. The summed E-state index contributed by atoms with van der Waals surface area (Å²) < 4.78 is 21.6. The van der Waals surface area contributed by atoms with Crippen molar-refractivity contribution in [2.75, 3.05) is 13.2 Å². The number of alkyl carbamates (subject to hydrolysis) is 1. The maximum atomic E-state index is 11.8. The van der Waals surface area contributed by atoms with E-state index in [0.717, 1.165) is 15.8 Å². The van der Waals surface area contributed by atoms with Gasteiger partial charge in [0.25, 0.3) is 6.47 Å². The molecule has 0 fully saturated rings. The Balaban J connectivity index is 0. The summed E-state index contributed by atoms with van der Waals surface area (Å²) in [4.78, 5) is 21.4. The maximum Gasteiger partial charge on any atom is 0.407 e. The van der Waals surface area contributed by atoms with E-state index in [1.807, 2.05) is 80.5 Å². The predicted octanol–water partition coefficient (Wildman–Crippen LogP) is 7.28. The molecule has 0 spiro atoms. The number of carbonyl (C=O) groups excluding carboxylic acids is 2. The van der Waals surface area contributed by atoms with E-state index in [0.29, 0.717) is 26.1 Å². The fourth-order valence-electron chi connectivity index (χ4n) is 2.06. The zero-order chi connectivity index (χ0) is 26.1. The van der Waals surface area contributed by atoms with Crippen molar-refractivity contribution in [3.63, 3.8) is 0 Å². The average Bonchev–Trinajstić information content (AvgIpc) is 2.67. The largest absolute Gasteiger partial charge is 0.491 e. The van der Waals surface area contributed by atoms with Crippen LogP contribution in [0, 0.1) is 0 Å². The van der Waals surface area contributed by atoms with Gasteiger partial charge in [-0.2, -0.15) is 0 Å². The van der Waals surface area contributed by atoms with Crippen LogP contribution in [0.3, 0.4) is 0 Å². The molecular formula is C23H39BrINO6S. The summed E-state index contributed by atoms with van der Waals surface area (Å²) in [5.74, 6) is 0.778. The summed E-state index contributed by atoms with van der Waals surface area (Å²) in [5, 5.41) is 2.85. The van der Waals surface area contributed by atoms with Crippen LogP contribution in [-0.4, -0.2) is 43.0 Å². The standard InChI is InChI=1S/C16H23BrINO4S.C5H10O2.C2H6/c1-11(19-15(20)23-16(2,3)4)9-12-10-13(5-6-14(12)17)21-7-8-22-24-18;1-5(2,3)7-4-6;1-2/h5-6,10-11H,7-9H2,1-4H3,(H,19,20);4H,1-3H3;1-2H3. The van der Waals surface area contributed by atoms with Gasteiger partial charge in [-0.05, 0) is 78.6 Å². The number of hydrogen-bond donors (Lipinski definition) is 1. The molecule has 0 saturated heterocycles. The normalized spacial score (nSPS) is 11.6. The number of hydrogen-bond acceptors (Lipinski definition) is 7. The lowest BCUT2D eigenvalue weighted by Gasteiger charge is -2.22. The molecule has 33 heavy (non-hydrogen) atoms. The molecular weight excluding hydrogens is 625 g/mol. The number of halogens is 2. The number of nitrogens with one attached hydrogen (secondary N) is 1. The van der Waals surface area contributed by atoms with Gasteiger partial charge in [0, 0.05) is 31.7 Å². The van der Waals surface area contributed by atoms with Crippen molar-refractivity contribution >= 4 is 58.9 Å². The number of benzene rings is 1.